The van der Waals surface area contributed by atoms with Crippen LogP contribution < -0.4 is 20.7 Å². The number of aryl methyl sites for hydroxylation is 1. The van der Waals surface area contributed by atoms with Gasteiger partial charge in [-0.15, -0.1) is 10.9 Å². The third kappa shape index (κ3) is 6.21. The van der Waals surface area contributed by atoms with Gasteiger partial charge in [0.15, 0.2) is 0 Å². The Balaban J connectivity index is 1.31. The van der Waals surface area contributed by atoms with Crippen LogP contribution in [0.5, 0.6) is 11.5 Å². The number of piperidine rings is 1. The Hall–Kier alpha value is -5.08. The number of thiol groups is 1. The van der Waals surface area contributed by atoms with Gasteiger partial charge in [-0.25, -0.2) is 4.79 Å². The quantitative estimate of drug-likeness (QED) is 0.148. The topological polar surface area (TPSA) is 136 Å². The van der Waals surface area contributed by atoms with E-state index >= 15 is 0 Å². The number of likely N-dealkylation sites (tertiary alicyclic amines) is 1. The molecule has 0 saturated carbocycles. The molecule has 10 nitrogen and oxygen atoms in total. The fourth-order valence-corrected chi connectivity index (χ4v) is 8.61. The first-order valence-electron chi connectivity index (χ1n) is 15.2. The first-order chi connectivity index (χ1) is 22.0. The lowest BCUT2D eigenvalue weighted by atomic mass is 9.93. The maximum Gasteiger partial charge on any atom is 0.323 e. The third-order valence-corrected chi connectivity index (χ3v) is 10.5. The van der Waals surface area contributed by atoms with Gasteiger partial charge >= 0.3 is 6.03 Å². The fraction of sp³-hybridized carbons (Fsp3) is 0.286. The summed E-state index contributed by atoms with van der Waals surface area (Å²) in [6.07, 6.45) is 4.70. The lowest BCUT2D eigenvalue weighted by molar-refractivity contribution is -0.129. The van der Waals surface area contributed by atoms with Crippen molar-refractivity contribution in [2.75, 3.05) is 18.4 Å². The van der Waals surface area contributed by atoms with E-state index in [1.165, 1.54) is 0 Å². The number of para-hydroxylation sites is 1. The van der Waals surface area contributed by atoms with Gasteiger partial charge < -0.3 is 25.6 Å². The van der Waals surface area contributed by atoms with Gasteiger partial charge in [0.2, 0.25) is 0 Å². The van der Waals surface area contributed by atoms with Gasteiger partial charge in [-0.1, -0.05) is 45.0 Å². The molecule has 0 spiro atoms. The summed E-state index contributed by atoms with van der Waals surface area (Å²) in [5, 5.41) is 19.3. The summed E-state index contributed by atoms with van der Waals surface area (Å²) < 4.78 is 6.06. The Kier molecular flexibility index (Phi) is 8.32. The van der Waals surface area contributed by atoms with E-state index in [0.717, 1.165) is 21.2 Å². The highest BCUT2D eigenvalue weighted by Gasteiger charge is 2.41. The SMILES string of the molecule is Cc1cc(Oc2ccccc2)ccc1[SH]1C(C(=O)NC2CCCN(C(=O)/C(C#N)=C/C(C)(C)C)C2)=C2NC(=O)Nc3ccnc1c32. The van der Waals surface area contributed by atoms with Crippen LogP contribution in [-0.2, 0) is 9.59 Å². The van der Waals surface area contributed by atoms with Crippen molar-refractivity contribution in [1.29, 1.82) is 5.26 Å². The van der Waals surface area contributed by atoms with Gasteiger partial charge in [-0.3, -0.25) is 14.6 Å². The minimum Gasteiger partial charge on any atom is -0.457 e. The molecule has 0 radical (unpaired) electrons. The number of amides is 4. The zero-order valence-corrected chi connectivity index (χ0v) is 27.1. The van der Waals surface area contributed by atoms with E-state index in [4.69, 9.17) is 9.72 Å². The van der Waals surface area contributed by atoms with E-state index in [2.05, 4.69) is 22.0 Å². The fourth-order valence-electron chi connectivity index (χ4n) is 5.99. The van der Waals surface area contributed by atoms with Crippen molar-refractivity contribution in [3.05, 3.63) is 88.5 Å². The monoisotopic (exact) mass is 636 g/mol. The maximum atomic E-state index is 14.3. The Labute approximate surface area is 270 Å². The molecule has 3 aliphatic heterocycles. The van der Waals surface area contributed by atoms with Crippen molar-refractivity contribution in [3.63, 3.8) is 0 Å². The molecule has 236 valence electrons. The molecule has 2 atom stereocenters. The minimum atomic E-state index is -1.46. The highest BCUT2D eigenvalue weighted by atomic mass is 32.2. The van der Waals surface area contributed by atoms with Crippen LogP contribution in [0.2, 0.25) is 0 Å². The zero-order valence-electron chi connectivity index (χ0n) is 26.2. The van der Waals surface area contributed by atoms with Gasteiger partial charge in [0.25, 0.3) is 11.8 Å². The van der Waals surface area contributed by atoms with E-state index in [-0.39, 0.29) is 35.4 Å². The number of urea groups is 1. The molecule has 2 unspecified atom stereocenters. The van der Waals surface area contributed by atoms with Gasteiger partial charge in [0.1, 0.15) is 23.1 Å². The lowest BCUT2D eigenvalue weighted by Crippen LogP contribution is -2.50. The van der Waals surface area contributed by atoms with Crippen LogP contribution >= 0.6 is 10.9 Å². The lowest BCUT2D eigenvalue weighted by Gasteiger charge is -2.34. The zero-order chi connectivity index (χ0) is 32.6. The number of carbonyl (C=O) groups excluding carboxylic acids is 3. The molecule has 1 saturated heterocycles. The van der Waals surface area contributed by atoms with Crippen LogP contribution in [0.1, 0.15) is 44.7 Å². The highest BCUT2D eigenvalue weighted by molar-refractivity contribution is 8.21. The second-order valence-electron chi connectivity index (χ2n) is 12.7. The average Bonchev–Trinajstić information content (AvgIpc) is 3.34. The Morgan fingerprint density at radius 2 is 1.91 bits per heavy atom. The second kappa shape index (κ2) is 12.4. The average molecular weight is 637 g/mol. The Bertz CT molecular complexity index is 1840. The van der Waals surface area contributed by atoms with Crippen LogP contribution in [0.25, 0.3) is 5.70 Å². The molecule has 4 amide bonds. The Morgan fingerprint density at radius 1 is 1.13 bits per heavy atom. The smallest absolute Gasteiger partial charge is 0.323 e. The largest absolute Gasteiger partial charge is 0.457 e. The van der Waals surface area contributed by atoms with Crippen LogP contribution in [0.15, 0.2) is 87.3 Å². The molecule has 2 aromatic carbocycles. The molecule has 0 aliphatic carbocycles. The summed E-state index contributed by atoms with van der Waals surface area (Å²) in [5.74, 6) is 0.737. The van der Waals surface area contributed by atoms with E-state index in [0.29, 0.717) is 47.0 Å². The third-order valence-electron chi connectivity index (χ3n) is 7.92. The van der Waals surface area contributed by atoms with Crippen molar-refractivity contribution in [3.8, 4) is 17.6 Å². The number of pyridine rings is 1. The normalized spacial score (nSPS) is 19.8. The number of allylic oxidation sites excluding steroid dienone is 1. The van der Waals surface area contributed by atoms with Crippen molar-refractivity contribution in [1.82, 2.24) is 20.5 Å². The van der Waals surface area contributed by atoms with Crippen molar-refractivity contribution in [2.24, 2.45) is 5.41 Å². The predicted molar refractivity (Wildman–Crippen MR) is 177 cm³/mol. The van der Waals surface area contributed by atoms with Crippen LogP contribution in [0.4, 0.5) is 10.5 Å². The van der Waals surface area contributed by atoms with E-state index in [1.807, 2.05) is 76.2 Å². The number of nitriles is 1. The van der Waals surface area contributed by atoms with Crippen LogP contribution in [-0.4, -0.2) is 46.9 Å². The number of nitrogens with one attached hydrogen (secondary N) is 3. The summed E-state index contributed by atoms with van der Waals surface area (Å²) in [6, 6.07) is 18.3. The molecule has 3 N–H and O–H groups in total. The molecular weight excluding hydrogens is 600 g/mol. The molecule has 1 aromatic heterocycles. The number of anilines is 1. The molecule has 11 heteroatoms. The minimum absolute atomic E-state index is 0.102. The first-order valence-corrected chi connectivity index (χ1v) is 16.5. The maximum absolute atomic E-state index is 14.3. The number of aromatic nitrogens is 1. The van der Waals surface area contributed by atoms with Gasteiger partial charge in [-0.2, -0.15) is 5.26 Å². The van der Waals surface area contributed by atoms with Crippen molar-refractivity contribution < 1.29 is 19.1 Å². The number of hydrogen-bond acceptors (Lipinski definition) is 6. The summed E-state index contributed by atoms with van der Waals surface area (Å²) in [6.45, 7) is 8.58. The summed E-state index contributed by atoms with van der Waals surface area (Å²) in [4.78, 5) is 48.1. The van der Waals surface area contributed by atoms with E-state index in [1.54, 1.807) is 23.2 Å². The molecule has 3 aliphatic rings. The molecule has 6 rings (SSSR count). The highest BCUT2D eigenvalue weighted by Crippen LogP contribution is 2.61. The van der Waals surface area contributed by atoms with Gasteiger partial charge in [-0.05, 0) is 67.1 Å². The number of rotatable bonds is 6. The number of nitrogens with zero attached hydrogens (tertiary/aromatic N) is 3. The number of ether oxygens (including phenoxy) is 1. The predicted octanol–water partition coefficient (Wildman–Crippen LogP) is 6.02. The van der Waals surface area contributed by atoms with Gasteiger partial charge in [0, 0.05) is 30.2 Å². The molecule has 1 fully saturated rings. The number of carbonyl (C=O) groups is 3. The number of benzene rings is 2. The summed E-state index contributed by atoms with van der Waals surface area (Å²) >= 11 is 0. The Morgan fingerprint density at radius 3 is 2.63 bits per heavy atom. The molecule has 3 aromatic rings. The van der Waals surface area contributed by atoms with Crippen LogP contribution in [0.3, 0.4) is 0 Å². The summed E-state index contributed by atoms with van der Waals surface area (Å²) in [5.41, 5.74) is 2.47. The molecular formula is C35H36N6O4S. The van der Waals surface area contributed by atoms with E-state index in [9.17, 15) is 19.6 Å². The molecule has 46 heavy (non-hydrogen) atoms. The number of hydrogen-bond donors (Lipinski definition) is 4. The standard InChI is InChI=1S/C35H36N6O4S/c1-21-17-25(45-24-10-6-5-7-11-24)12-13-27(21)46-30(29-28-26(39-34(44)40-29)14-15-37-32(28)46)31(42)38-23-9-8-16-41(20-23)33(43)22(19-36)18-35(2,3)4/h5-7,10-15,17-18,23,46H,8-9,16,20H2,1-4H3,(H,38,42)(H2,39,40,44)/b22-18+. The van der Waals surface area contributed by atoms with Crippen molar-refractivity contribution >= 4 is 40.1 Å². The van der Waals surface area contributed by atoms with Gasteiger partial charge in [0.05, 0.1) is 26.9 Å². The van der Waals surface area contributed by atoms with Crippen molar-refractivity contribution in [2.45, 2.75) is 56.5 Å². The van der Waals surface area contributed by atoms with E-state index < -0.39 is 16.9 Å². The molecule has 4 heterocycles. The molecule has 0 bridgehead atoms. The summed E-state index contributed by atoms with van der Waals surface area (Å²) in [7, 11) is -1.46. The first kappa shape index (κ1) is 30.9. The van der Waals surface area contributed by atoms with Crippen LogP contribution in [0, 0.1) is 23.7 Å². The second-order valence-corrected chi connectivity index (χ2v) is 14.7.